The van der Waals surface area contributed by atoms with Crippen LogP contribution in [0.15, 0.2) is 77.7 Å². The number of sulfone groups is 1. The van der Waals surface area contributed by atoms with E-state index in [0.29, 0.717) is 30.1 Å². The number of nitrogens with one attached hydrogen (secondary N) is 1. The van der Waals surface area contributed by atoms with E-state index in [0.717, 1.165) is 16.7 Å². The van der Waals surface area contributed by atoms with Gasteiger partial charge in [-0.3, -0.25) is 10.2 Å². The van der Waals surface area contributed by atoms with E-state index in [9.17, 15) is 13.2 Å². The van der Waals surface area contributed by atoms with Gasteiger partial charge in [0.15, 0.2) is 9.84 Å². The van der Waals surface area contributed by atoms with E-state index in [-0.39, 0.29) is 23.1 Å². The van der Waals surface area contributed by atoms with Gasteiger partial charge in [0.2, 0.25) is 5.91 Å². The zero-order valence-electron chi connectivity index (χ0n) is 19.8. The summed E-state index contributed by atoms with van der Waals surface area (Å²) in [6, 6.07) is 21.8. The molecule has 0 saturated carbocycles. The van der Waals surface area contributed by atoms with Gasteiger partial charge in [0, 0.05) is 30.5 Å². The Morgan fingerprint density at radius 2 is 1.65 bits per heavy atom. The minimum Gasteiger partial charge on any atom is -0.384 e. The molecule has 1 amide bonds. The molecule has 7 heteroatoms. The van der Waals surface area contributed by atoms with E-state index in [1.165, 1.54) is 6.26 Å². The number of benzene rings is 3. The Morgan fingerprint density at radius 1 is 0.971 bits per heavy atom. The highest BCUT2D eigenvalue weighted by atomic mass is 32.2. The largest absolute Gasteiger partial charge is 0.384 e. The molecule has 34 heavy (non-hydrogen) atoms. The molecule has 0 heterocycles. The van der Waals surface area contributed by atoms with Crippen LogP contribution in [0.5, 0.6) is 0 Å². The zero-order chi connectivity index (χ0) is 24.9. The fraction of sp³-hybridized carbons (Fsp3) is 0.259. The Balaban J connectivity index is 1.79. The van der Waals surface area contributed by atoms with Gasteiger partial charge in [-0.05, 0) is 34.7 Å². The lowest BCUT2D eigenvalue weighted by Crippen LogP contribution is -2.35. The molecule has 3 aromatic rings. The zero-order valence-corrected chi connectivity index (χ0v) is 20.6. The lowest BCUT2D eigenvalue weighted by atomic mass is 10.0. The first-order chi connectivity index (χ1) is 16.0. The van der Waals surface area contributed by atoms with Gasteiger partial charge in [-0.15, -0.1) is 0 Å². The number of rotatable bonds is 9. The number of amides is 1. The van der Waals surface area contributed by atoms with Crippen LogP contribution in [0.1, 0.15) is 30.5 Å². The van der Waals surface area contributed by atoms with Crippen LogP contribution < -0.4 is 5.73 Å². The fourth-order valence-electron chi connectivity index (χ4n) is 3.87. The summed E-state index contributed by atoms with van der Waals surface area (Å²) >= 11 is 0. The number of amidine groups is 1. The second-order valence-corrected chi connectivity index (χ2v) is 10.9. The summed E-state index contributed by atoms with van der Waals surface area (Å²) in [7, 11) is -3.35. The first-order valence-corrected chi connectivity index (χ1v) is 13.0. The second-order valence-electron chi connectivity index (χ2n) is 8.92. The third-order valence-corrected chi connectivity index (χ3v) is 6.61. The molecule has 0 aromatic heterocycles. The molecule has 3 rings (SSSR count). The summed E-state index contributed by atoms with van der Waals surface area (Å²) < 4.78 is 24.3. The fourth-order valence-corrected chi connectivity index (χ4v) is 4.78. The Kier molecular flexibility index (Phi) is 7.89. The van der Waals surface area contributed by atoms with Gasteiger partial charge in [0.05, 0.1) is 11.3 Å². The molecular weight excluding hydrogens is 446 g/mol. The lowest BCUT2D eigenvalue weighted by molar-refractivity contribution is -0.131. The molecule has 6 nitrogen and oxygen atoms in total. The maximum Gasteiger partial charge on any atom is 0.227 e. The van der Waals surface area contributed by atoms with Crippen molar-refractivity contribution in [3.63, 3.8) is 0 Å². The van der Waals surface area contributed by atoms with E-state index in [4.69, 9.17) is 11.1 Å². The average molecular weight is 478 g/mol. The van der Waals surface area contributed by atoms with Crippen LogP contribution in [-0.2, 0) is 27.6 Å². The Bertz CT molecular complexity index is 1280. The van der Waals surface area contributed by atoms with Crippen LogP contribution in [0.3, 0.4) is 0 Å². The maximum atomic E-state index is 13.2. The molecule has 0 aliphatic heterocycles. The number of nitrogen functional groups attached to an aromatic ring is 1. The van der Waals surface area contributed by atoms with Crippen molar-refractivity contribution in [2.45, 2.75) is 31.7 Å². The molecule has 0 unspecified atom stereocenters. The van der Waals surface area contributed by atoms with Gasteiger partial charge in [-0.1, -0.05) is 74.5 Å². The highest BCUT2D eigenvalue weighted by molar-refractivity contribution is 7.90. The lowest BCUT2D eigenvalue weighted by Gasteiger charge is -2.25. The molecule has 0 spiro atoms. The van der Waals surface area contributed by atoms with Gasteiger partial charge >= 0.3 is 0 Å². The molecule has 3 N–H and O–H groups in total. The molecule has 0 fully saturated rings. The molecule has 0 atom stereocenters. The van der Waals surface area contributed by atoms with Crippen molar-refractivity contribution in [3.8, 4) is 11.1 Å². The highest BCUT2D eigenvalue weighted by Crippen LogP contribution is 2.27. The van der Waals surface area contributed by atoms with Crippen molar-refractivity contribution in [1.82, 2.24) is 4.90 Å². The maximum absolute atomic E-state index is 13.2. The molecule has 0 radical (unpaired) electrons. The standard InChI is InChI=1S/C27H31N3O3S/c1-19(2)17-30(18-21-7-6-8-23(15-21)27(28)29)26(31)16-20-11-13-22(14-12-20)24-9-4-5-10-25(24)34(3,32)33/h4-15,19H,16-18H2,1-3H3,(H3,28,29). The Hall–Kier alpha value is -3.45. The number of carbonyl (C=O) groups is 1. The number of nitrogens with zero attached hydrogens (tertiary/aromatic N) is 1. The van der Waals surface area contributed by atoms with E-state index in [2.05, 4.69) is 13.8 Å². The summed E-state index contributed by atoms with van der Waals surface area (Å²) in [5.41, 5.74) is 9.47. The number of nitrogens with two attached hydrogens (primary N) is 1. The second kappa shape index (κ2) is 10.7. The van der Waals surface area contributed by atoms with Crippen molar-refractivity contribution >= 4 is 21.6 Å². The molecule has 0 bridgehead atoms. The van der Waals surface area contributed by atoms with Gasteiger partial charge in [0.25, 0.3) is 0 Å². The van der Waals surface area contributed by atoms with E-state index < -0.39 is 9.84 Å². The predicted molar refractivity (Wildman–Crippen MR) is 136 cm³/mol. The van der Waals surface area contributed by atoms with E-state index >= 15 is 0 Å². The minimum absolute atomic E-state index is 0.00104. The summed E-state index contributed by atoms with van der Waals surface area (Å²) in [5, 5.41) is 7.65. The average Bonchev–Trinajstić information content (AvgIpc) is 2.78. The molecule has 178 valence electrons. The van der Waals surface area contributed by atoms with Crippen molar-refractivity contribution in [2.75, 3.05) is 12.8 Å². The van der Waals surface area contributed by atoms with E-state index in [1.807, 2.05) is 53.4 Å². The molecular formula is C27H31N3O3S. The topological polar surface area (TPSA) is 104 Å². The number of hydrogen-bond acceptors (Lipinski definition) is 4. The van der Waals surface area contributed by atoms with Crippen LogP contribution in [0.4, 0.5) is 0 Å². The minimum atomic E-state index is -3.35. The Morgan fingerprint density at radius 3 is 2.26 bits per heavy atom. The van der Waals surface area contributed by atoms with Crippen LogP contribution >= 0.6 is 0 Å². The monoisotopic (exact) mass is 477 g/mol. The smallest absolute Gasteiger partial charge is 0.227 e. The van der Waals surface area contributed by atoms with Crippen molar-refractivity contribution < 1.29 is 13.2 Å². The SMILES string of the molecule is CC(C)CN(Cc1cccc(C(=N)N)c1)C(=O)Cc1ccc(-c2ccccc2S(C)(=O)=O)cc1. The highest BCUT2D eigenvalue weighted by Gasteiger charge is 2.18. The van der Waals surface area contributed by atoms with Gasteiger partial charge in [-0.25, -0.2) is 8.42 Å². The Labute approximate surface area is 201 Å². The van der Waals surface area contributed by atoms with Gasteiger partial charge < -0.3 is 10.6 Å². The predicted octanol–water partition coefficient (Wildman–Crippen LogP) is 4.27. The first-order valence-electron chi connectivity index (χ1n) is 11.1. The van der Waals surface area contributed by atoms with Gasteiger partial charge in [0.1, 0.15) is 5.84 Å². The van der Waals surface area contributed by atoms with Crippen LogP contribution in [-0.4, -0.2) is 37.9 Å². The summed E-state index contributed by atoms with van der Waals surface area (Å²) in [6.45, 7) is 5.20. The van der Waals surface area contributed by atoms with E-state index in [1.54, 1.807) is 24.3 Å². The van der Waals surface area contributed by atoms with Crippen molar-refractivity contribution in [2.24, 2.45) is 11.7 Å². The summed E-state index contributed by atoms with van der Waals surface area (Å²) in [6.07, 6.45) is 1.45. The van der Waals surface area contributed by atoms with Gasteiger partial charge in [-0.2, -0.15) is 0 Å². The number of hydrogen-bond donors (Lipinski definition) is 2. The van der Waals surface area contributed by atoms with Crippen LogP contribution in [0, 0.1) is 11.3 Å². The molecule has 0 aliphatic rings. The molecule has 0 aliphatic carbocycles. The summed E-state index contributed by atoms with van der Waals surface area (Å²) in [4.78, 5) is 15.3. The molecule has 3 aromatic carbocycles. The first kappa shape index (κ1) is 25.2. The third kappa shape index (κ3) is 6.54. The molecule has 0 saturated heterocycles. The van der Waals surface area contributed by atoms with Crippen molar-refractivity contribution in [3.05, 3.63) is 89.5 Å². The van der Waals surface area contributed by atoms with Crippen LogP contribution in [0.25, 0.3) is 11.1 Å². The number of carbonyl (C=O) groups excluding carboxylic acids is 1. The quantitative estimate of drug-likeness (QED) is 0.355. The normalized spacial score (nSPS) is 11.4. The third-order valence-electron chi connectivity index (χ3n) is 5.46. The van der Waals surface area contributed by atoms with Crippen LogP contribution in [0.2, 0.25) is 0 Å². The van der Waals surface area contributed by atoms with Crippen molar-refractivity contribution in [1.29, 1.82) is 5.41 Å². The summed E-state index contributed by atoms with van der Waals surface area (Å²) in [5.74, 6) is 0.308.